The third-order valence-electron chi connectivity index (χ3n) is 7.08. The van der Waals surface area contributed by atoms with Crippen LogP contribution in [-0.2, 0) is 48.0 Å². The van der Waals surface area contributed by atoms with E-state index in [1.54, 1.807) is 6.20 Å². The fourth-order valence-corrected chi connectivity index (χ4v) is 6.55. The summed E-state index contributed by atoms with van der Waals surface area (Å²) < 4.78 is 0. The number of hydrogen-bond donors (Lipinski definition) is 0. The van der Waals surface area contributed by atoms with E-state index in [0.29, 0.717) is 48.1 Å². The molecule has 1 aromatic rings. The van der Waals surface area contributed by atoms with E-state index < -0.39 is 35.6 Å². The Hall–Kier alpha value is -4.05. The number of nitrogens with zero attached hydrogens (tertiary/aromatic N) is 4. The molecular weight excluding hydrogens is 616 g/mol. The zero-order valence-electron chi connectivity index (χ0n) is 23.6. The third-order valence-corrected chi connectivity index (χ3v) is 9.35. The Balaban J connectivity index is 0.000000204. The van der Waals surface area contributed by atoms with Crippen LogP contribution in [-0.4, -0.2) is 79.7 Å². The predicted octanol–water partition coefficient (Wildman–Crippen LogP) is 2.14. The van der Waals surface area contributed by atoms with E-state index in [9.17, 15) is 38.4 Å². The van der Waals surface area contributed by atoms with Crippen LogP contribution in [0.5, 0.6) is 0 Å². The first-order chi connectivity index (χ1) is 21.1. The second-order valence-electron chi connectivity index (χ2n) is 10.2. The Bertz CT molecular complexity index is 1300. The average Bonchev–Trinajstić information content (AvgIpc) is 3.63. The molecule has 5 rings (SSSR count). The van der Waals surface area contributed by atoms with Crippen LogP contribution in [0.25, 0.3) is 0 Å². The van der Waals surface area contributed by atoms with Gasteiger partial charge in [0.05, 0.1) is 12.3 Å². The summed E-state index contributed by atoms with van der Waals surface area (Å²) in [6.45, 7) is 0.357. The minimum absolute atomic E-state index is 0.0742. The zero-order chi connectivity index (χ0) is 31.6. The largest absolute Gasteiger partial charge is 0.336 e. The van der Waals surface area contributed by atoms with Crippen LogP contribution in [0.15, 0.2) is 41.6 Å². The average molecular weight is 647 g/mol. The summed E-state index contributed by atoms with van der Waals surface area (Å²) in [5, 5.41) is 2.00. The molecule has 0 bridgehead atoms. The summed E-state index contributed by atoms with van der Waals surface area (Å²) >= 11 is 0. The molecule has 4 heterocycles. The Kier molecular flexibility index (Phi) is 11.7. The molecule has 0 atom stereocenters. The second-order valence-corrected chi connectivity index (χ2v) is 12.6. The molecule has 3 aliphatic heterocycles. The molecule has 14 nitrogen and oxygen atoms in total. The van der Waals surface area contributed by atoms with Crippen LogP contribution < -0.4 is 0 Å². The molecule has 44 heavy (non-hydrogen) atoms. The first-order valence-electron chi connectivity index (χ1n) is 14.0. The van der Waals surface area contributed by atoms with E-state index in [0.717, 1.165) is 5.03 Å². The van der Waals surface area contributed by atoms with Gasteiger partial charge in [-0.15, -0.1) is 10.1 Å². The van der Waals surface area contributed by atoms with Crippen molar-refractivity contribution in [2.24, 2.45) is 11.8 Å². The smallest absolute Gasteiger partial charge is 0.330 e. The van der Waals surface area contributed by atoms with Gasteiger partial charge in [-0.2, -0.15) is 0 Å². The van der Waals surface area contributed by atoms with Crippen molar-refractivity contribution in [3.05, 3.63) is 36.5 Å². The van der Waals surface area contributed by atoms with Crippen molar-refractivity contribution in [2.45, 2.75) is 62.8 Å². The van der Waals surface area contributed by atoms with Crippen LogP contribution in [0.2, 0.25) is 0 Å². The molecule has 1 saturated carbocycles. The molecule has 0 radical (unpaired) electrons. The molecule has 3 fully saturated rings. The van der Waals surface area contributed by atoms with E-state index in [1.807, 2.05) is 18.2 Å². The Morgan fingerprint density at radius 1 is 0.795 bits per heavy atom. The van der Waals surface area contributed by atoms with Crippen LogP contribution in [0, 0.1) is 11.8 Å². The Labute approximate surface area is 260 Å². The maximum Gasteiger partial charge on any atom is 0.336 e. The van der Waals surface area contributed by atoms with Crippen molar-refractivity contribution in [2.75, 3.05) is 12.3 Å². The second kappa shape index (κ2) is 15.6. The Morgan fingerprint density at radius 3 is 1.91 bits per heavy atom. The SMILES string of the molecule is O=C(CCSSc1ccccn1)ON1C(=O)CCC1=O.O=C(ON1C(=O)CCC1=O)C1CCC(CN2C(=O)C=CC2=O)CC1. The van der Waals surface area contributed by atoms with Gasteiger partial charge in [-0.3, -0.25) is 33.7 Å². The molecule has 2 saturated heterocycles. The molecule has 16 heteroatoms. The van der Waals surface area contributed by atoms with Gasteiger partial charge in [-0.1, -0.05) is 16.9 Å². The van der Waals surface area contributed by atoms with Crippen molar-refractivity contribution in [3.63, 3.8) is 0 Å². The monoisotopic (exact) mass is 646 g/mol. The first-order valence-corrected chi connectivity index (χ1v) is 16.3. The van der Waals surface area contributed by atoms with Crippen LogP contribution >= 0.6 is 21.6 Å². The molecular formula is C28H30N4O10S2. The summed E-state index contributed by atoms with van der Waals surface area (Å²) in [6.07, 6.45) is 7.15. The van der Waals surface area contributed by atoms with Gasteiger partial charge in [0.15, 0.2) is 0 Å². The summed E-state index contributed by atoms with van der Waals surface area (Å²) in [4.78, 5) is 107. The first kappa shape index (κ1) is 32.9. The lowest BCUT2D eigenvalue weighted by atomic mass is 9.82. The number of hydrogen-bond acceptors (Lipinski definition) is 13. The van der Waals surface area contributed by atoms with Crippen molar-refractivity contribution < 1.29 is 48.0 Å². The van der Waals surface area contributed by atoms with Gasteiger partial charge >= 0.3 is 11.9 Å². The van der Waals surface area contributed by atoms with Crippen molar-refractivity contribution in [1.29, 1.82) is 0 Å². The van der Waals surface area contributed by atoms with E-state index >= 15 is 0 Å². The molecule has 0 aromatic carbocycles. The number of carbonyl (C=O) groups excluding carboxylic acids is 8. The molecule has 0 unspecified atom stereocenters. The van der Waals surface area contributed by atoms with Crippen LogP contribution in [0.4, 0.5) is 0 Å². The highest BCUT2D eigenvalue weighted by Crippen LogP contribution is 2.32. The molecule has 6 amide bonds. The highest BCUT2D eigenvalue weighted by Gasteiger charge is 2.37. The molecule has 234 valence electrons. The Morgan fingerprint density at radius 2 is 1.36 bits per heavy atom. The highest BCUT2D eigenvalue weighted by molar-refractivity contribution is 8.76. The number of hydroxylamine groups is 4. The normalized spacial score (nSPS) is 21.6. The number of rotatable bonds is 10. The van der Waals surface area contributed by atoms with Gasteiger partial charge < -0.3 is 9.68 Å². The maximum atomic E-state index is 12.1. The van der Waals surface area contributed by atoms with Crippen molar-refractivity contribution in [1.82, 2.24) is 20.0 Å². The van der Waals surface area contributed by atoms with Gasteiger partial charge in [0.1, 0.15) is 5.03 Å². The van der Waals surface area contributed by atoms with Gasteiger partial charge in [-0.25, -0.2) is 14.6 Å². The van der Waals surface area contributed by atoms with E-state index in [-0.39, 0.29) is 55.8 Å². The number of imide groups is 3. The summed E-state index contributed by atoms with van der Waals surface area (Å²) in [6, 6.07) is 5.59. The molecule has 1 aromatic heterocycles. The lowest BCUT2D eigenvalue weighted by Crippen LogP contribution is -2.38. The van der Waals surface area contributed by atoms with Gasteiger partial charge in [0.2, 0.25) is 0 Å². The van der Waals surface area contributed by atoms with E-state index in [2.05, 4.69) is 4.98 Å². The fourth-order valence-electron chi connectivity index (χ4n) is 4.70. The number of carbonyl (C=O) groups is 8. The maximum absolute atomic E-state index is 12.1. The van der Waals surface area contributed by atoms with Crippen LogP contribution in [0.1, 0.15) is 57.8 Å². The van der Waals surface area contributed by atoms with Crippen LogP contribution in [0.3, 0.4) is 0 Å². The van der Waals surface area contributed by atoms with Crippen molar-refractivity contribution in [3.8, 4) is 0 Å². The van der Waals surface area contributed by atoms with Gasteiger partial charge in [0, 0.05) is 56.3 Å². The number of amides is 6. The number of pyridine rings is 1. The summed E-state index contributed by atoms with van der Waals surface area (Å²) in [5.41, 5.74) is 0. The topological polar surface area (TPSA) is 178 Å². The van der Waals surface area contributed by atoms with E-state index in [4.69, 9.17) is 9.68 Å². The van der Waals surface area contributed by atoms with Gasteiger partial charge in [-0.05, 0) is 54.5 Å². The summed E-state index contributed by atoms with van der Waals surface area (Å²) in [7, 11) is 2.92. The highest BCUT2D eigenvalue weighted by atomic mass is 33.1. The molecule has 0 spiro atoms. The molecule has 0 N–H and O–H groups in total. The predicted molar refractivity (Wildman–Crippen MR) is 153 cm³/mol. The molecule has 4 aliphatic rings. The minimum atomic E-state index is -0.581. The third kappa shape index (κ3) is 8.98. The summed E-state index contributed by atoms with van der Waals surface area (Å²) in [5.74, 6) is -3.34. The lowest BCUT2D eigenvalue weighted by molar-refractivity contribution is -0.201. The van der Waals surface area contributed by atoms with Gasteiger partial charge in [0.25, 0.3) is 35.4 Å². The standard InChI is InChI=1S/C16H18N2O6.C12H12N2O4S2/c19-12-5-6-13(20)17(12)9-10-1-3-11(4-2-10)16(23)24-18-14(21)7-8-15(18)22;15-10-4-5-11(16)14(10)18-12(17)6-8-19-20-9-3-1-2-7-13-9/h5-6,10-11H,1-4,7-9H2;1-3,7H,4-6,8H2. The molecule has 1 aliphatic carbocycles. The fraction of sp³-hybridized carbons (Fsp3) is 0.464. The number of aromatic nitrogens is 1. The zero-order valence-corrected chi connectivity index (χ0v) is 25.2. The lowest BCUT2D eigenvalue weighted by Gasteiger charge is -2.29. The quantitative estimate of drug-likeness (QED) is 0.205. The minimum Gasteiger partial charge on any atom is -0.330 e. The van der Waals surface area contributed by atoms with Crippen molar-refractivity contribution >= 4 is 69.0 Å². The van der Waals surface area contributed by atoms with E-state index in [1.165, 1.54) is 38.6 Å².